The molecule has 128 valence electrons. The van der Waals surface area contributed by atoms with Crippen molar-refractivity contribution in [3.8, 4) is 5.75 Å². The normalized spacial score (nSPS) is 12.0. The number of aromatic nitrogens is 2. The Hall–Kier alpha value is -2.12. The van der Waals surface area contributed by atoms with Crippen LogP contribution in [-0.4, -0.2) is 47.2 Å². The quantitative estimate of drug-likeness (QED) is 0.778. The zero-order valence-electron chi connectivity index (χ0n) is 14.3. The molecule has 24 heavy (non-hydrogen) atoms. The lowest BCUT2D eigenvalue weighted by Crippen LogP contribution is -2.39. The highest BCUT2D eigenvalue weighted by Gasteiger charge is 2.19. The summed E-state index contributed by atoms with van der Waals surface area (Å²) in [5, 5.41) is 2.72. The van der Waals surface area contributed by atoms with Crippen molar-refractivity contribution in [2.75, 3.05) is 25.7 Å². The highest BCUT2D eigenvalue weighted by molar-refractivity contribution is 7.98. The zero-order valence-corrected chi connectivity index (χ0v) is 15.1. The van der Waals surface area contributed by atoms with Gasteiger partial charge >= 0.3 is 0 Å². The molecule has 1 heterocycles. The van der Waals surface area contributed by atoms with Crippen LogP contribution in [-0.2, 0) is 11.3 Å². The molecule has 0 saturated heterocycles. The molecule has 0 spiro atoms. The molecule has 2 rings (SSSR count). The van der Waals surface area contributed by atoms with Crippen molar-refractivity contribution in [1.82, 2.24) is 14.9 Å². The Kier molecular flexibility index (Phi) is 6.57. The molecule has 0 radical (unpaired) electrons. The Labute approximate surface area is 146 Å². The van der Waals surface area contributed by atoms with Gasteiger partial charge in [0.05, 0.1) is 13.2 Å². The minimum absolute atomic E-state index is 0.142. The summed E-state index contributed by atoms with van der Waals surface area (Å²) in [5.41, 5.74) is 1.09. The average Bonchev–Trinajstić information content (AvgIpc) is 2.61. The van der Waals surface area contributed by atoms with Crippen LogP contribution in [0.3, 0.4) is 0 Å². The Bertz CT molecular complexity index is 682. The third-order valence-electron chi connectivity index (χ3n) is 3.72. The highest BCUT2D eigenvalue weighted by atomic mass is 32.2. The number of carbonyl (C=O) groups is 1. The Balaban J connectivity index is 2.00. The minimum atomic E-state index is -0.319. The maximum atomic E-state index is 12.3. The van der Waals surface area contributed by atoms with Crippen molar-refractivity contribution in [2.45, 2.75) is 24.4 Å². The molecule has 0 aliphatic rings. The van der Waals surface area contributed by atoms with Crippen molar-refractivity contribution >= 4 is 23.6 Å². The van der Waals surface area contributed by atoms with Gasteiger partial charge in [-0.25, -0.2) is 9.97 Å². The number of hydrogen-bond acceptors (Lipinski definition) is 6. The predicted octanol–water partition coefficient (Wildman–Crippen LogP) is 2.67. The molecule has 2 aromatic rings. The maximum Gasteiger partial charge on any atom is 0.243 e. The van der Waals surface area contributed by atoms with Crippen molar-refractivity contribution in [3.05, 3.63) is 42.2 Å². The molecule has 1 N–H and O–H groups in total. The summed E-state index contributed by atoms with van der Waals surface area (Å²) in [6.07, 6.45) is 5.20. The van der Waals surface area contributed by atoms with E-state index >= 15 is 0 Å². The molecule has 7 heteroatoms. The molecular weight excluding hydrogens is 324 g/mol. The third-order valence-corrected chi connectivity index (χ3v) is 4.50. The van der Waals surface area contributed by atoms with Crippen molar-refractivity contribution < 1.29 is 9.53 Å². The molecule has 1 atom stereocenters. The van der Waals surface area contributed by atoms with Gasteiger partial charge in [-0.1, -0.05) is 6.07 Å². The van der Waals surface area contributed by atoms with E-state index in [1.54, 1.807) is 37.3 Å². The number of carbonyl (C=O) groups excluding carboxylic acids is 1. The van der Waals surface area contributed by atoms with Crippen LogP contribution in [0.5, 0.6) is 5.75 Å². The highest BCUT2D eigenvalue weighted by Crippen LogP contribution is 2.28. The summed E-state index contributed by atoms with van der Waals surface area (Å²) in [4.78, 5) is 23.4. The summed E-state index contributed by atoms with van der Waals surface area (Å²) in [7, 11) is 3.57. The van der Waals surface area contributed by atoms with Gasteiger partial charge in [-0.15, -0.1) is 11.8 Å². The fraction of sp³-hybridized carbons (Fsp3) is 0.353. The number of amides is 1. The number of nitrogens with zero attached hydrogens (tertiary/aromatic N) is 3. The second kappa shape index (κ2) is 8.65. The van der Waals surface area contributed by atoms with Gasteiger partial charge in [0.2, 0.25) is 11.9 Å². The fourth-order valence-corrected chi connectivity index (χ4v) is 2.73. The number of likely N-dealkylation sites (N-methyl/N-ethyl adjacent to an activating group) is 1. The molecule has 1 aromatic heterocycles. The monoisotopic (exact) mass is 346 g/mol. The SMILES string of the molecule is COc1cc(CN(C)C(C)C(=O)Nc2ncccn2)ccc1SC. The van der Waals surface area contributed by atoms with E-state index in [9.17, 15) is 4.79 Å². The van der Waals surface area contributed by atoms with Crippen LogP contribution in [0.15, 0.2) is 41.6 Å². The van der Waals surface area contributed by atoms with Crippen molar-refractivity contribution in [2.24, 2.45) is 0 Å². The van der Waals surface area contributed by atoms with Gasteiger partial charge in [0.15, 0.2) is 0 Å². The number of hydrogen-bond donors (Lipinski definition) is 1. The molecule has 0 aliphatic carbocycles. The van der Waals surface area contributed by atoms with Gasteiger partial charge in [0.1, 0.15) is 5.75 Å². The summed E-state index contributed by atoms with van der Waals surface area (Å²) in [5.74, 6) is 1.02. The molecule has 0 aliphatic heterocycles. The third kappa shape index (κ3) is 4.69. The van der Waals surface area contributed by atoms with Gasteiger partial charge in [-0.05, 0) is 44.0 Å². The molecule has 0 bridgehead atoms. The minimum Gasteiger partial charge on any atom is -0.496 e. The summed E-state index contributed by atoms with van der Waals surface area (Å²) in [6.45, 7) is 2.49. The second-order valence-electron chi connectivity index (χ2n) is 5.34. The molecule has 1 amide bonds. The lowest BCUT2D eigenvalue weighted by atomic mass is 10.1. The average molecular weight is 346 g/mol. The first-order chi connectivity index (χ1) is 11.5. The largest absolute Gasteiger partial charge is 0.496 e. The van der Waals surface area contributed by atoms with Gasteiger partial charge in [-0.3, -0.25) is 15.0 Å². The van der Waals surface area contributed by atoms with Crippen LogP contribution < -0.4 is 10.1 Å². The first kappa shape index (κ1) is 18.2. The molecule has 0 fully saturated rings. The lowest BCUT2D eigenvalue weighted by Gasteiger charge is -2.24. The number of nitrogens with one attached hydrogen (secondary N) is 1. The van der Waals surface area contributed by atoms with E-state index < -0.39 is 0 Å². The first-order valence-electron chi connectivity index (χ1n) is 7.54. The number of thioether (sulfide) groups is 1. The van der Waals surface area contributed by atoms with Gasteiger partial charge in [0.25, 0.3) is 0 Å². The van der Waals surface area contributed by atoms with Gasteiger partial charge in [0, 0.05) is 23.8 Å². The van der Waals surface area contributed by atoms with Gasteiger partial charge in [-0.2, -0.15) is 0 Å². The van der Waals surface area contributed by atoms with Crippen LogP contribution in [0.4, 0.5) is 5.95 Å². The molecule has 1 unspecified atom stereocenters. The summed E-state index contributed by atoms with van der Waals surface area (Å²) in [6, 6.07) is 7.48. The number of rotatable bonds is 7. The molecule has 6 nitrogen and oxygen atoms in total. The van der Waals surface area contributed by atoms with Gasteiger partial charge < -0.3 is 4.74 Å². The van der Waals surface area contributed by atoms with E-state index in [4.69, 9.17) is 4.74 Å². The number of methoxy groups -OCH3 is 1. The van der Waals surface area contributed by atoms with E-state index in [-0.39, 0.29) is 11.9 Å². The van der Waals surface area contributed by atoms with E-state index in [0.29, 0.717) is 12.5 Å². The predicted molar refractivity (Wildman–Crippen MR) is 96.4 cm³/mol. The number of benzene rings is 1. The van der Waals surface area contributed by atoms with Crippen LogP contribution in [0.2, 0.25) is 0 Å². The Morgan fingerprint density at radius 1 is 1.38 bits per heavy atom. The first-order valence-corrected chi connectivity index (χ1v) is 8.76. The summed E-state index contributed by atoms with van der Waals surface area (Å²) >= 11 is 1.64. The van der Waals surface area contributed by atoms with Crippen LogP contribution in [0, 0.1) is 0 Å². The summed E-state index contributed by atoms with van der Waals surface area (Å²) < 4.78 is 5.41. The van der Waals surface area contributed by atoms with Crippen LogP contribution in [0.1, 0.15) is 12.5 Å². The smallest absolute Gasteiger partial charge is 0.243 e. The van der Waals surface area contributed by atoms with E-state index in [1.165, 1.54) is 0 Å². The Morgan fingerprint density at radius 2 is 2.08 bits per heavy atom. The fourth-order valence-electron chi connectivity index (χ4n) is 2.18. The van der Waals surface area contributed by atoms with Crippen molar-refractivity contribution in [1.29, 1.82) is 0 Å². The number of anilines is 1. The van der Waals surface area contributed by atoms with E-state index in [0.717, 1.165) is 16.2 Å². The van der Waals surface area contributed by atoms with E-state index in [1.807, 2.05) is 37.3 Å². The maximum absolute atomic E-state index is 12.3. The second-order valence-corrected chi connectivity index (χ2v) is 6.19. The molecule has 0 saturated carbocycles. The zero-order chi connectivity index (χ0) is 17.5. The lowest BCUT2D eigenvalue weighted by molar-refractivity contribution is -0.120. The molecule has 1 aromatic carbocycles. The van der Waals surface area contributed by atoms with Crippen LogP contribution >= 0.6 is 11.8 Å². The van der Waals surface area contributed by atoms with Crippen molar-refractivity contribution in [3.63, 3.8) is 0 Å². The van der Waals surface area contributed by atoms with E-state index in [2.05, 4.69) is 21.4 Å². The molecular formula is C17H22N4O2S. The van der Waals surface area contributed by atoms with Crippen LogP contribution in [0.25, 0.3) is 0 Å². The Morgan fingerprint density at radius 3 is 2.71 bits per heavy atom. The topological polar surface area (TPSA) is 67.3 Å². The number of ether oxygens (including phenoxy) is 1. The standard InChI is InChI=1S/C17H22N4O2S/c1-12(16(22)20-17-18-8-5-9-19-17)21(2)11-13-6-7-15(24-4)14(10-13)23-3/h5-10,12H,11H2,1-4H3,(H,18,19,20,22).